The van der Waals surface area contributed by atoms with Gasteiger partial charge in [0.15, 0.2) is 0 Å². The van der Waals surface area contributed by atoms with E-state index in [1.807, 2.05) is 31.2 Å². The molecule has 1 aliphatic rings. The molecule has 1 fully saturated rings. The highest BCUT2D eigenvalue weighted by atomic mass is 16.6. The van der Waals surface area contributed by atoms with Gasteiger partial charge in [-0.1, -0.05) is 17.7 Å². The van der Waals surface area contributed by atoms with Crippen molar-refractivity contribution in [1.29, 1.82) is 0 Å². The molecule has 1 saturated heterocycles. The Morgan fingerprint density at radius 2 is 2.08 bits per heavy atom. The topological polar surface area (TPSA) is 147 Å². The third-order valence-electron chi connectivity index (χ3n) is 5.53. The number of aromatic nitrogens is 4. The standard InChI is InChI=1S/C24H29N7O5/c1-16-3-5-18(6-4-16)34-10-9-30(2)22(32)14-31-13-17(12-27-31)28-23(33)20-11-19(15-35-20)36-21-7-8-26-24(25)29-21/h3-8,12-13,19-20H,9-11,14-15H2,1-2H3,(H,28,33)(H2,25,26,29). The summed E-state index contributed by atoms with van der Waals surface area (Å²) in [5.41, 5.74) is 7.18. The second-order valence-corrected chi connectivity index (χ2v) is 8.44. The SMILES string of the molecule is Cc1ccc(OCCN(C)C(=O)Cn2cc(NC(=O)C3CC(Oc4ccnc(N)n4)CO3)cn2)cc1. The Bertz CT molecular complexity index is 1180. The first-order valence-corrected chi connectivity index (χ1v) is 11.5. The maximum Gasteiger partial charge on any atom is 0.253 e. The van der Waals surface area contributed by atoms with Gasteiger partial charge >= 0.3 is 0 Å². The van der Waals surface area contributed by atoms with Crippen molar-refractivity contribution < 1.29 is 23.8 Å². The molecule has 0 spiro atoms. The van der Waals surface area contributed by atoms with E-state index < -0.39 is 6.10 Å². The van der Waals surface area contributed by atoms with Gasteiger partial charge in [-0.3, -0.25) is 14.3 Å². The Kier molecular flexibility index (Phi) is 7.95. The molecule has 2 aromatic heterocycles. The molecule has 36 heavy (non-hydrogen) atoms. The van der Waals surface area contributed by atoms with Crippen LogP contribution in [0.25, 0.3) is 0 Å². The monoisotopic (exact) mass is 495 g/mol. The van der Waals surface area contributed by atoms with Crippen molar-refractivity contribution in [3.05, 3.63) is 54.5 Å². The van der Waals surface area contributed by atoms with Crippen molar-refractivity contribution in [3.8, 4) is 11.6 Å². The Morgan fingerprint density at radius 3 is 2.86 bits per heavy atom. The van der Waals surface area contributed by atoms with Crippen LogP contribution in [0.4, 0.5) is 11.6 Å². The fourth-order valence-electron chi connectivity index (χ4n) is 3.51. The predicted octanol–water partition coefficient (Wildman–Crippen LogP) is 1.28. The number of ether oxygens (including phenoxy) is 3. The highest BCUT2D eigenvalue weighted by Gasteiger charge is 2.32. The van der Waals surface area contributed by atoms with Gasteiger partial charge in [-0.05, 0) is 19.1 Å². The lowest BCUT2D eigenvalue weighted by Gasteiger charge is -2.17. The number of carbonyl (C=O) groups excluding carboxylic acids is 2. The number of anilines is 2. The van der Waals surface area contributed by atoms with Crippen molar-refractivity contribution in [1.82, 2.24) is 24.6 Å². The summed E-state index contributed by atoms with van der Waals surface area (Å²) in [4.78, 5) is 34.5. The molecular formula is C24H29N7O5. The normalized spacial score (nSPS) is 16.9. The van der Waals surface area contributed by atoms with Gasteiger partial charge in [0.05, 0.1) is 25.0 Å². The smallest absolute Gasteiger partial charge is 0.253 e. The minimum Gasteiger partial charge on any atom is -0.492 e. The minimum absolute atomic E-state index is 0.0365. The lowest BCUT2D eigenvalue weighted by Crippen LogP contribution is -2.33. The Balaban J connectivity index is 1.19. The summed E-state index contributed by atoms with van der Waals surface area (Å²) in [6, 6.07) is 9.33. The van der Waals surface area contributed by atoms with E-state index in [9.17, 15) is 9.59 Å². The van der Waals surface area contributed by atoms with E-state index >= 15 is 0 Å². The Labute approximate surface area is 208 Å². The number of nitrogens with one attached hydrogen (secondary N) is 1. The van der Waals surface area contributed by atoms with Gasteiger partial charge in [-0.2, -0.15) is 10.1 Å². The Morgan fingerprint density at radius 1 is 1.28 bits per heavy atom. The number of rotatable bonds is 10. The molecular weight excluding hydrogens is 466 g/mol. The fraction of sp³-hybridized carbons (Fsp3) is 0.375. The summed E-state index contributed by atoms with van der Waals surface area (Å²) in [6.07, 6.45) is 3.92. The van der Waals surface area contributed by atoms with Crippen LogP contribution in [0.5, 0.6) is 11.6 Å². The van der Waals surface area contributed by atoms with Crippen LogP contribution in [0.15, 0.2) is 48.9 Å². The molecule has 0 saturated carbocycles. The van der Waals surface area contributed by atoms with Gasteiger partial charge in [0.2, 0.25) is 17.7 Å². The lowest BCUT2D eigenvalue weighted by molar-refractivity contribution is -0.131. The highest BCUT2D eigenvalue weighted by Crippen LogP contribution is 2.20. The predicted molar refractivity (Wildman–Crippen MR) is 130 cm³/mol. The van der Waals surface area contributed by atoms with Crippen LogP contribution >= 0.6 is 0 Å². The molecule has 190 valence electrons. The molecule has 3 aromatic rings. The number of nitrogen functional groups attached to an aromatic ring is 1. The number of aryl methyl sites for hydroxylation is 1. The quantitative estimate of drug-likeness (QED) is 0.424. The maximum atomic E-state index is 12.6. The van der Waals surface area contributed by atoms with Crippen LogP contribution < -0.4 is 20.5 Å². The number of hydrogen-bond donors (Lipinski definition) is 2. The number of carbonyl (C=O) groups is 2. The Hall–Kier alpha value is -4.19. The van der Waals surface area contributed by atoms with Gasteiger partial charge in [0, 0.05) is 31.9 Å². The summed E-state index contributed by atoms with van der Waals surface area (Å²) < 4.78 is 18.4. The number of amides is 2. The molecule has 12 nitrogen and oxygen atoms in total. The molecule has 1 aliphatic heterocycles. The summed E-state index contributed by atoms with van der Waals surface area (Å²) in [5, 5.41) is 6.93. The van der Waals surface area contributed by atoms with Crippen LogP contribution in [0.2, 0.25) is 0 Å². The number of likely N-dealkylation sites (N-methyl/N-ethyl adjacent to an activating group) is 1. The second-order valence-electron chi connectivity index (χ2n) is 8.44. The summed E-state index contributed by atoms with van der Waals surface area (Å²) in [5.74, 6) is 0.747. The highest BCUT2D eigenvalue weighted by molar-refractivity contribution is 5.94. The van der Waals surface area contributed by atoms with Crippen LogP contribution in [0.3, 0.4) is 0 Å². The van der Waals surface area contributed by atoms with Gasteiger partial charge in [-0.25, -0.2) is 4.98 Å². The first-order valence-electron chi connectivity index (χ1n) is 11.5. The average molecular weight is 496 g/mol. The molecule has 1 aromatic carbocycles. The summed E-state index contributed by atoms with van der Waals surface area (Å²) >= 11 is 0. The molecule has 2 unspecified atom stereocenters. The second kappa shape index (κ2) is 11.5. The average Bonchev–Trinajstić information content (AvgIpc) is 3.50. The summed E-state index contributed by atoms with van der Waals surface area (Å²) in [7, 11) is 1.71. The van der Waals surface area contributed by atoms with Crippen molar-refractivity contribution in [3.63, 3.8) is 0 Å². The van der Waals surface area contributed by atoms with Gasteiger partial charge < -0.3 is 30.2 Å². The first kappa shape index (κ1) is 24.9. The number of benzene rings is 1. The molecule has 2 amide bonds. The van der Waals surface area contributed by atoms with E-state index in [1.165, 1.54) is 17.1 Å². The van der Waals surface area contributed by atoms with Crippen LogP contribution in [0.1, 0.15) is 12.0 Å². The van der Waals surface area contributed by atoms with E-state index in [0.29, 0.717) is 31.1 Å². The zero-order valence-electron chi connectivity index (χ0n) is 20.2. The van der Waals surface area contributed by atoms with Crippen LogP contribution in [-0.2, 0) is 20.9 Å². The first-order chi connectivity index (χ1) is 17.4. The molecule has 0 aliphatic carbocycles. The third-order valence-corrected chi connectivity index (χ3v) is 5.53. The molecule has 0 bridgehead atoms. The van der Waals surface area contributed by atoms with Crippen LogP contribution in [0, 0.1) is 6.92 Å². The van der Waals surface area contributed by atoms with Crippen LogP contribution in [-0.4, -0.2) is 75.5 Å². The molecule has 4 rings (SSSR count). The number of nitrogens with two attached hydrogens (primary N) is 1. The molecule has 3 heterocycles. The van der Waals surface area contributed by atoms with E-state index in [-0.39, 0.29) is 37.0 Å². The minimum atomic E-state index is -0.682. The van der Waals surface area contributed by atoms with Gasteiger partial charge in [0.1, 0.15) is 31.1 Å². The fourth-order valence-corrected chi connectivity index (χ4v) is 3.51. The van der Waals surface area contributed by atoms with Crippen molar-refractivity contribution in [2.75, 3.05) is 37.9 Å². The molecule has 2 atom stereocenters. The van der Waals surface area contributed by atoms with Crippen molar-refractivity contribution in [2.24, 2.45) is 0 Å². The third kappa shape index (κ3) is 6.92. The van der Waals surface area contributed by atoms with Gasteiger partial charge in [-0.15, -0.1) is 0 Å². The van der Waals surface area contributed by atoms with E-state index in [2.05, 4.69) is 20.4 Å². The maximum absolute atomic E-state index is 12.6. The number of hydrogen-bond acceptors (Lipinski definition) is 9. The van der Waals surface area contributed by atoms with Crippen molar-refractivity contribution >= 4 is 23.5 Å². The molecule has 0 radical (unpaired) electrons. The molecule has 12 heteroatoms. The van der Waals surface area contributed by atoms with Gasteiger partial charge in [0.25, 0.3) is 5.91 Å². The molecule has 3 N–H and O–H groups in total. The largest absolute Gasteiger partial charge is 0.492 e. The zero-order valence-corrected chi connectivity index (χ0v) is 20.2. The van der Waals surface area contributed by atoms with Crippen molar-refractivity contribution in [2.45, 2.75) is 32.1 Å². The number of nitrogens with zero attached hydrogens (tertiary/aromatic N) is 5. The van der Waals surface area contributed by atoms with E-state index in [1.54, 1.807) is 24.2 Å². The zero-order chi connectivity index (χ0) is 25.5. The lowest BCUT2D eigenvalue weighted by atomic mass is 10.2. The van der Waals surface area contributed by atoms with E-state index in [4.69, 9.17) is 19.9 Å². The summed E-state index contributed by atoms with van der Waals surface area (Å²) in [6.45, 7) is 3.10. The van der Waals surface area contributed by atoms with E-state index in [0.717, 1.165) is 11.3 Å².